The number of hydrogen-bond acceptors (Lipinski definition) is 3. The summed E-state index contributed by atoms with van der Waals surface area (Å²) >= 11 is 0. The van der Waals surface area contributed by atoms with E-state index in [9.17, 15) is 0 Å². The first-order valence-corrected chi connectivity index (χ1v) is 7.25. The van der Waals surface area contributed by atoms with Gasteiger partial charge in [0.05, 0.1) is 12.8 Å². The molecule has 19 heavy (non-hydrogen) atoms. The van der Waals surface area contributed by atoms with Gasteiger partial charge in [-0.15, -0.1) is 0 Å². The fourth-order valence-corrected chi connectivity index (χ4v) is 3.05. The molecule has 2 fully saturated rings. The first kappa shape index (κ1) is 12.8. The van der Waals surface area contributed by atoms with E-state index >= 15 is 0 Å². The van der Waals surface area contributed by atoms with Crippen LogP contribution in [0.5, 0.6) is 5.75 Å². The molecule has 1 aliphatic heterocycles. The molecule has 0 radical (unpaired) electrons. The molecule has 2 aliphatic rings. The summed E-state index contributed by atoms with van der Waals surface area (Å²) in [4.78, 5) is 2.52. The molecule has 3 heteroatoms. The van der Waals surface area contributed by atoms with Crippen LogP contribution in [0.15, 0.2) is 18.2 Å². The Morgan fingerprint density at radius 1 is 1.37 bits per heavy atom. The lowest BCUT2D eigenvalue weighted by molar-refractivity contribution is 0.413. The molecule has 1 aromatic rings. The van der Waals surface area contributed by atoms with Crippen LogP contribution in [-0.2, 0) is 0 Å². The largest absolute Gasteiger partial charge is 0.495 e. The maximum absolute atomic E-state index is 5.56. The number of nitrogens with one attached hydrogen (secondary N) is 1. The number of anilines is 1. The number of methoxy groups -OCH3 is 1. The summed E-state index contributed by atoms with van der Waals surface area (Å²) < 4.78 is 5.56. The van der Waals surface area contributed by atoms with Gasteiger partial charge in [-0.25, -0.2) is 0 Å². The second-order valence-electron chi connectivity index (χ2n) is 6.34. The molecule has 1 unspecified atom stereocenters. The van der Waals surface area contributed by atoms with Crippen molar-refractivity contribution in [1.82, 2.24) is 5.32 Å². The lowest BCUT2D eigenvalue weighted by atomic mass is 10.1. The quantitative estimate of drug-likeness (QED) is 0.884. The normalized spacial score (nSPS) is 25.2. The Balaban J connectivity index is 1.92. The molecule has 1 aliphatic carbocycles. The fourth-order valence-electron chi connectivity index (χ4n) is 3.05. The van der Waals surface area contributed by atoms with Crippen LogP contribution in [0.2, 0.25) is 0 Å². The molecule has 104 valence electrons. The van der Waals surface area contributed by atoms with Crippen LogP contribution in [0.3, 0.4) is 0 Å². The third kappa shape index (κ3) is 2.57. The predicted octanol–water partition coefficient (Wildman–Crippen LogP) is 2.58. The highest BCUT2D eigenvalue weighted by atomic mass is 16.5. The third-order valence-corrected chi connectivity index (χ3v) is 4.48. The highest BCUT2D eigenvalue weighted by Crippen LogP contribution is 2.48. The van der Waals surface area contributed by atoms with Gasteiger partial charge in [0.2, 0.25) is 0 Å². The highest BCUT2D eigenvalue weighted by Gasteiger charge is 2.45. The van der Waals surface area contributed by atoms with Crippen molar-refractivity contribution >= 4 is 5.69 Å². The van der Waals surface area contributed by atoms with Crippen LogP contribution in [0.25, 0.3) is 0 Å². The second kappa shape index (κ2) is 4.71. The maximum atomic E-state index is 5.56. The van der Waals surface area contributed by atoms with E-state index < -0.39 is 0 Å². The molecule has 1 spiro atoms. The smallest absolute Gasteiger partial charge is 0.142 e. The average Bonchev–Trinajstić information content (AvgIpc) is 3.18. The van der Waals surface area contributed by atoms with E-state index in [-0.39, 0.29) is 0 Å². The minimum Gasteiger partial charge on any atom is -0.495 e. The average molecular weight is 260 g/mol. The van der Waals surface area contributed by atoms with Gasteiger partial charge in [0.1, 0.15) is 5.75 Å². The SMILES string of the molecule is COc1ccc(C)cc1N1CC(C)NCC2(CC2)C1. The molecule has 0 amide bonds. The van der Waals surface area contributed by atoms with Gasteiger partial charge in [-0.05, 0) is 44.4 Å². The van der Waals surface area contributed by atoms with Crippen molar-refractivity contribution < 1.29 is 4.74 Å². The van der Waals surface area contributed by atoms with E-state index in [1.807, 2.05) is 0 Å². The maximum Gasteiger partial charge on any atom is 0.142 e. The third-order valence-electron chi connectivity index (χ3n) is 4.48. The van der Waals surface area contributed by atoms with E-state index in [2.05, 4.69) is 42.3 Å². The lowest BCUT2D eigenvalue weighted by Gasteiger charge is -2.29. The van der Waals surface area contributed by atoms with Gasteiger partial charge >= 0.3 is 0 Å². The molecule has 1 saturated heterocycles. The Morgan fingerprint density at radius 2 is 2.16 bits per heavy atom. The van der Waals surface area contributed by atoms with E-state index in [0.29, 0.717) is 11.5 Å². The molecule has 3 nitrogen and oxygen atoms in total. The van der Waals surface area contributed by atoms with Crippen LogP contribution in [0.4, 0.5) is 5.69 Å². The number of ether oxygens (including phenoxy) is 1. The summed E-state index contributed by atoms with van der Waals surface area (Å²) in [5.74, 6) is 0.996. The summed E-state index contributed by atoms with van der Waals surface area (Å²) in [6.07, 6.45) is 2.72. The van der Waals surface area contributed by atoms with Gasteiger partial charge in [0.15, 0.2) is 0 Å². The molecular formula is C16H24N2O. The van der Waals surface area contributed by atoms with Crippen molar-refractivity contribution in [2.75, 3.05) is 31.6 Å². The minimum absolute atomic E-state index is 0.513. The summed E-state index contributed by atoms with van der Waals surface area (Å²) in [5, 5.41) is 3.67. The summed E-state index contributed by atoms with van der Waals surface area (Å²) in [5.41, 5.74) is 3.06. The molecule has 1 aromatic carbocycles. The summed E-state index contributed by atoms with van der Waals surface area (Å²) in [7, 11) is 1.76. The van der Waals surface area contributed by atoms with Gasteiger partial charge < -0.3 is 15.0 Å². The highest BCUT2D eigenvalue weighted by molar-refractivity contribution is 5.60. The zero-order chi connectivity index (χ0) is 13.5. The zero-order valence-electron chi connectivity index (χ0n) is 12.2. The van der Waals surface area contributed by atoms with Gasteiger partial charge in [-0.3, -0.25) is 0 Å². The Hall–Kier alpha value is -1.22. The lowest BCUT2D eigenvalue weighted by Crippen LogP contribution is -2.35. The van der Waals surface area contributed by atoms with Gasteiger partial charge in [0, 0.05) is 31.1 Å². The molecule has 0 aromatic heterocycles. The van der Waals surface area contributed by atoms with Crippen molar-refractivity contribution in [3.63, 3.8) is 0 Å². The Bertz CT molecular complexity index is 468. The van der Waals surface area contributed by atoms with Crippen molar-refractivity contribution in [1.29, 1.82) is 0 Å². The van der Waals surface area contributed by atoms with E-state index in [0.717, 1.165) is 18.8 Å². The first-order valence-electron chi connectivity index (χ1n) is 7.25. The molecule has 1 N–H and O–H groups in total. The van der Waals surface area contributed by atoms with Gasteiger partial charge in [-0.1, -0.05) is 6.07 Å². The fraction of sp³-hybridized carbons (Fsp3) is 0.625. The van der Waals surface area contributed by atoms with Crippen molar-refractivity contribution in [3.05, 3.63) is 23.8 Å². The van der Waals surface area contributed by atoms with Crippen LogP contribution in [-0.4, -0.2) is 32.8 Å². The Labute approximate surface area is 115 Å². The van der Waals surface area contributed by atoms with E-state index in [1.165, 1.54) is 30.6 Å². The van der Waals surface area contributed by atoms with Crippen LogP contribution < -0.4 is 15.0 Å². The van der Waals surface area contributed by atoms with Crippen molar-refractivity contribution in [3.8, 4) is 5.75 Å². The monoisotopic (exact) mass is 260 g/mol. The predicted molar refractivity (Wildman–Crippen MR) is 79.1 cm³/mol. The topological polar surface area (TPSA) is 24.5 Å². The molecule has 1 heterocycles. The van der Waals surface area contributed by atoms with Crippen LogP contribution >= 0.6 is 0 Å². The molecule has 0 bridgehead atoms. The first-order chi connectivity index (χ1) is 9.12. The Kier molecular flexibility index (Phi) is 3.17. The van der Waals surface area contributed by atoms with Crippen molar-refractivity contribution in [2.24, 2.45) is 5.41 Å². The van der Waals surface area contributed by atoms with Crippen LogP contribution in [0, 0.1) is 12.3 Å². The summed E-state index contributed by atoms with van der Waals surface area (Å²) in [6.45, 7) is 7.80. The standard InChI is InChI=1S/C16H24N2O/c1-12-4-5-15(19-3)14(8-12)18-9-13(2)17-10-16(11-18)6-7-16/h4-5,8,13,17H,6-7,9-11H2,1-3H3. The Morgan fingerprint density at radius 3 is 2.84 bits per heavy atom. The van der Waals surface area contributed by atoms with Gasteiger partial charge in [-0.2, -0.15) is 0 Å². The molecular weight excluding hydrogens is 236 g/mol. The second-order valence-corrected chi connectivity index (χ2v) is 6.34. The van der Waals surface area contributed by atoms with Crippen LogP contribution in [0.1, 0.15) is 25.3 Å². The summed E-state index contributed by atoms with van der Waals surface area (Å²) in [6, 6.07) is 7.00. The minimum atomic E-state index is 0.513. The van der Waals surface area contributed by atoms with Crippen molar-refractivity contribution in [2.45, 2.75) is 32.7 Å². The van der Waals surface area contributed by atoms with E-state index in [1.54, 1.807) is 7.11 Å². The number of aryl methyl sites for hydroxylation is 1. The molecule has 1 atom stereocenters. The zero-order valence-corrected chi connectivity index (χ0v) is 12.2. The van der Waals surface area contributed by atoms with E-state index in [4.69, 9.17) is 4.74 Å². The number of rotatable bonds is 2. The van der Waals surface area contributed by atoms with Gasteiger partial charge in [0.25, 0.3) is 0 Å². The molecule has 3 rings (SSSR count). The number of benzene rings is 1. The number of hydrogen-bond donors (Lipinski definition) is 1. The molecule has 1 saturated carbocycles. The number of nitrogens with zero attached hydrogens (tertiary/aromatic N) is 1.